The predicted molar refractivity (Wildman–Crippen MR) is 62.5 cm³/mol. The number of nitrogens with one attached hydrogen (secondary N) is 1. The van der Waals surface area contributed by atoms with Gasteiger partial charge in [-0.3, -0.25) is 0 Å². The lowest BCUT2D eigenvalue weighted by molar-refractivity contribution is 0.349. The molecule has 2 heteroatoms. The highest BCUT2D eigenvalue weighted by atomic mass is 19.1. The lowest BCUT2D eigenvalue weighted by Crippen LogP contribution is -2.33. The summed E-state index contributed by atoms with van der Waals surface area (Å²) in [6.45, 7) is 0.681. The summed E-state index contributed by atoms with van der Waals surface area (Å²) in [7, 11) is 0. The number of hydrogen-bond acceptors (Lipinski definition) is 1. The second kappa shape index (κ2) is 4.17. The molecule has 3 atom stereocenters. The first-order chi connectivity index (χ1) is 7.83. The summed E-state index contributed by atoms with van der Waals surface area (Å²) in [5.41, 5.74) is 0.797. The topological polar surface area (TPSA) is 12.0 Å². The van der Waals surface area contributed by atoms with Crippen LogP contribution in [0.25, 0.3) is 0 Å². The van der Waals surface area contributed by atoms with Crippen LogP contribution in [0.15, 0.2) is 24.3 Å². The third kappa shape index (κ3) is 1.86. The fourth-order valence-corrected chi connectivity index (χ4v) is 3.38. The number of benzene rings is 1. The zero-order valence-electron chi connectivity index (χ0n) is 9.45. The summed E-state index contributed by atoms with van der Waals surface area (Å²) in [5, 5.41) is 3.53. The van der Waals surface area contributed by atoms with Gasteiger partial charge in [-0.2, -0.15) is 0 Å². The summed E-state index contributed by atoms with van der Waals surface area (Å²) < 4.78 is 13.4. The number of fused-ring (bicyclic) bond motifs is 2. The van der Waals surface area contributed by atoms with Crippen molar-refractivity contribution in [1.82, 2.24) is 5.32 Å². The van der Waals surface area contributed by atoms with E-state index in [4.69, 9.17) is 0 Å². The fourth-order valence-electron chi connectivity index (χ4n) is 3.38. The molecule has 2 aliphatic rings. The van der Waals surface area contributed by atoms with Gasteiger partial charge in [-0.25, -0.2) is 4.39 Å². The quantitative estimate of drug-likeness (QED) is 0.823. The van der Waals surface area contributed by atoms with E-state index in [9.17, 15) is 4.39 Å². The van der Waals surface area contributed by atoms with E-state index in [1.165, 1.54) is 31.7 Å². The minimum absolute atomic E-state index is 0.0850. The zero-order chi connectivity index (χ0) is 11.0. The molecule has 2 saturated carbocycles. The molecule has 1 aromatic rings. The second-order valence-corrected chi connectivity index (χ2v) is 5.25. The smallest absolute Gasteiger partial charge is 0.127 e. The van der Waals surface area contributed by atoms with Crippen LogP contribution >= 0.6 is 0 Å². The maximum Gasteiger partial charge on any atom is 0.127 e. The Labute approximate surface area is 96.1 Å². The molecular weight excluding hydrogens is 201 g/mol. The van der Waals surface area contributed by atoms with Gasteiger partial charge >= 0.3 is 0 Å². The Hall–Kier alpha value is -0.890. The van der Waals surface area contributed by atoms with Crippen molar-refractivity contribution in [3.8, 4) is 0 Å². The second-order valence-electron chi connectivity index (χ2n) is 5.25. The highest BCUT2D eigenvalue weighted by molar-refractivity contribution is 5.17. The summed E-state index contributed by atoms with van der Waals surface area (Å²) in [6.07, 6.45) is 5.50. The Morgan fingerprint density at radius 2 is 2.06 bits per heavy atom. The van der Waals surface area contributed by atoms with Crippen LogP contribution in [0.4, 0.5) is 4.39 Å². The molecule has 0 saturated heterocycles. The molecule has 1 N–H and O–H groups in total. The molecule has 1 nitrogen and oxygen atoms in total. The van der Waals surface area contributed by atoms with Gasteiger partial charge in [0.2, 0.25) is 0 Å². The Morgan fingerprint density at radius 3 is 2.75 bits per heavy atom. The molecule has 0 aliphatic heterocycles. The lowest BCUT2D eigenvalue weighted by atomic mass is 9.95. The molecule has 86 valence electrons. The Bertz CT molecular complexity index is 377. The molecule has 2 aliphatic carbocycles. The monoisotopic (exact) mass is 219 g/mol. The van der Waals surface area contributed by atoms with Crippen LogP contribution in [0.1, 0.15) is 31.2 Å². The number of hydrogen-bond donors (Lipinski definition) is 1. The molecule has 0 spiro atoms. The largest absolute Gasteiger partial charge is 0.310 e. The first-order valence-corrected chi connectivity index (χ1v) is 6.29. The van der Waals surface area contributed by atoms with E-state index in [0.29, 0.717) is 12.6 Å². The van der Waals surface area contributed by atoms with E-state index in [1.54, 1.807) is 6.07 Å². The van der Waals surface area contributed by atoms with Gasteiger partial charge in [0.25, 0.3) is 0 Å². The van der Waals surface area contributed by atoms with E-state index in [-0.39, 0.29) is 5.82 Å². The van der Waals surface area contributed by atoms with Crippen molar-refractivity contribution in [2.75, 3.05) is 0 Å². The normalized spacial score (nSPS) is 32.2. The molecule has 0 amide bonds. The van der Waals surface area contributed by atoms with Crippen LogP contribution in [0.5, 0.6) is 0 Å². The number of rotatable bonds is 3. The molecule has 0 unspecified atom stereocenters. The van der Waals surface area contributed by atoms with Gasteiger partial charge in [-0.1, -0.05) is 24.6 Å². The van der Waals surface area contributed by atoms with Crippen molar-refractivity contribution in [2.24, 2.45) is 11.8 Å². The van der Waals surface area contributed by atoms with E-state index in [0.717, 1.165) is 17.4 Å². The Balaban J connectivity index is 1.59. The van der Waals surface area contributed by atoms with Crippen molar-refractivity contribution >= 4 is 0 Å². The average molecular weight is 219 g/mol. The first-order valence-electron chi connectivity index (χ1n) is 6.29. The highest BCUT2D eigenvalue weighted by Gasteiger charge is 2.38. The maximum absolute atomic E-state index is 13.4. The van der Waals surface area contributed by atoms with Gasteiger partial charge in [0.15, 0.2) is 0 Å². The Kier molecular flexibility index (Phi) is 2.68. The summed E-state index contributed by atoms with van der Waals surface area (Å²) in [5.74, 6) is 1.72. The predicted octanol–water partition coefficient (Wildman–Crippen LogP) is 3.10. The Morgan fingerprint density at radius 1 is 1.19 bits per heavy atom. The van der Waals surface area contributed by atoms with E-state index in [2.05, 4.69) is 5.32 Å². The third-order valence-electron chi connectivity index (χ3n) is 4.25. The molecule has 0 heterocycles. The molecule has 2 fully saturated rings. The van der Waals surface area contributed by atoms with Gasteiger partial charge < -0.3 is 5.32 Å². The van der Waals surface area contributed by atoms with Gasteiger partial charge in [-0.05, 0) is 37.2 Å². The molecule has 0 radical (unpaired) electrons. The van der Waals surface area contributed by atoms with Crippen LogP contribution < -0.4 is 5.32 Å². The molecular formula is C14H18FN. The molecule has 2 bridgehead atoms. The van der Waals surface area contributed by atoms with Crippen molar-refractivity contribution in [2.45, 2.75) is 38.3 Å². The fraction of sp³-hybridized carbons (Fsp3) is 0.571. The van der Waals surface area contributed by atoms with Crippen molar-refractivity contribution < 1.29 is 4.39 Å². The minimum atomic E-state index is -0.0850. The van der Waals surface area contributed by atoms with Gasteiger partial charge in [0.05, 0.1) is 0 Å². The highest BCUT2D eigenvalue weighted by Crippen LogP contribution is 2.44. The van der Waals surface area contributed by atoms with Gasteiger partial charge in [0.1, 0.15) is 5.82 Å². The standard InChI is InChI=1S/C14H18FN/c15-13-4-2-1-3-12(13)9-16-14-8-10-5-6-11(14)7-10/h1-4,10-11,14,16H,5-9H2/t10-,11-,14+/m0/s1. The van der Waals surface area contributed by atoms with Crippen LogP contribution in [0, 0.1) is 17.7 Å². The summed E-state index contributed by atoms with van der Waals surface area (Å²) in [4.78, 5) is 0. The maximum atomic E-state index is 13.4. The molecule has 0 aromatic heterocycles. The first kappa shape index (κ1) is 10.3. The minimum Gasteiger partial charge on any atom is -0.310 e. The van der Waals surface area contributed by atoms with E-state index < -0.39 is 0 Å². The summed E-state index contributed by atoms with van der Waals surface area (Å²) in [6, 6.07) is 7.70. The third-order valence-corrected chi connectivity index (χ3v) is 4.25. The van der Waals surface area contributed by atoms with Crippen LogP contribution in [-0.2, 0) is 6.54 Å². The van der Waals surface area contributed by atoms with Gasteiger partial charge in [-0.15, -0.1) is 0 Å². The zero-order valence-corrected chi connectivity index (χ0v) is 9.45. The summed E-state index contributed by atoms with van der Waals surface area (Å²) >= 11 is 0. The van der Waals surface area contributed by atoms with Crippen LogP contribution in [-0.4, -0.2) is 6.04 Å². The van der Waals surface area contributed by atoms with Crippen LogP contribution in [0.3, 0.4) is 0 Å². The van der Waals surface area contributed by atoms with Crippen molar-refractivity contribution in [3.63, 3.8) is 0 Å². The lowest BCUT2D eigenvalue weighted by Gasteiger charge is -2.23. The van der Waals surface area contributed by atoms with E-state index in [1.807, 2.05) is 12.1 Å². The molecule has 1 aromatic carbocycles. The SMILES string of the molecule is Fc1ccccc1CN[C@@H]1C[C@H]2CC[C@H]1C2. The van der Waals surface area contributed by atoms with Crippen molar-refractivity contribution in [3.05, 3.63) is 35.6 Å². The molecule has 3 rings (SSSR count). The van der Waals surface area contributed by atoms with Crippen molar-refractivity contribution in [1.29, 1.82) is 0 Å². The van der Waals surface area contributed by atoms with E-state index >= 15 is 0 Å². The number of halogens is 1. The van der Waals surface area contributed by atoms with Crippen LogP contribution in [0.2, 0.25) is 0 Å². The molecule has 16 heavy (non-hydrogen) atoms. The van der Waals surface area contributed by atoms with Gasteiger partial charge in [0, 0.05) is 18.2 Å². The average Bonchev–Trinajstić information content (AvgIpc) is 2.90.